The molecule has 1 saturated heterocycles. The van der Waals surface area contributed by atoms with Gasteiger partial charge in [0.1, 0.15) is 0 Å². The van der Waals surface area contributed by atoms with E-state index in [1.807, 2.05) is 0 Å². The minimum atomic E-state index is 0.407. The van der Waals surface area contributed by atoms with Gasteiger partial charge in [0.25, 0.3) is 0 Å². The predicted octanol–water partition coefficient (Wildman–Crippen LogP) is 3.84. The normalized spacial score (nSPS) is 22.3. The molecule has 0 amide bonds. The van der Waals surface area contributed by atoms with Crippen LogP contribution in [0.25, 0.3) is 0 Å². The van der Waals surface area contributed by atoms with E-state index in [2.05, 4.69) is 79.5 Å². The SMILES string of the molecule is Cc1ccc(N2CC(C)NCC2c2ccccc2)cc1C. The van der Waals surface area contributed by atoms with Crippen molar-refractivity contribution in [1.82, 2.24) is 5.32 Å². The zero-order valence-corrected chi connectivity index (χ0v) is 13.1. The number of nitrogens with zero attached hydrogens (tertiary/aromatic N) is 1. The first-order valence-corrected chi connectivity index (χ1v) is 7.77. The molecule has 2 unspecified atom stereocenters. The molecular formula is C19H24N2. The van der Waals surface area contributed by atoms with Crippen molar-refractivity contribution in [3.63, 3.8) is 0 Å². The largest absolute Gasteiger partial charge is 0.362 e. The number of nitrogens with one attached hydrogen (secondary N) is 1. The Hall–Kier alpha value is -1.80. The van der Waals surface area contributed by atoms with Crippen molar-refractivity contribution in [3.05, 3.63) is 65.2 Å². The van der Waals surface area contributed by atoms with Gasteiger partial charge in [-0.2, -0.15) is 0 Å². The minimum absolute atomic E-state index is 0.407. The van der Waals surface area contributed by atoms with Crippen LogP contribution in [0.1, 0.15) is 29.7 Å². The van der Waals surface area contributed by atoms with Gasteiger partial charge in [-0.25, -0.2) is 0 Å². The summed E-state index contributed by atoms with van der Waals surface area (Å²) in [5, 5.41) is 3.61. The zero-order chi connectivity index (χ0) is 14.8. The van der Waals surface area contributed by atoms with Crippen LogP contribution in [0.15, 0.2) is 48.5 Å². The van der Waals surface area contributed by atoms with E-state index in [0.29, 0.717) is 12.1 Å². The van der Waals surface area contributed by atoms with Gasteiger partial charge in [-0.05, 0) is 49.6 Å². The fraction of sp³-hybridized carbons (Fsp3) is 0.368. The molecule has 1 N–H and O–H groups in total. The average Bonchev–Trinajstić information content (AvgIpc) is 2.51. The molecule has 21 heavy (non-hydrogen) atoms. The number of rotatable bonds is 2. The summed E-state index contributed by atoms with van der Waals surface area (Å²) < 4.78 is 0. The molecule has 0 spiro atoms. The molecule has 2 nitrogen and oxygen atoms in total. The van der Waals surface area contributed by atoms with Gasteiger partial charge in [0.15, 0.2) is 0 Å². The molecule has 2 aromatic carbocycles. The Morgan fingerprint density at radius 3 is 2.48 bits per heavy atom. The summed E-state index contributed by atoms with van der Waals surface area (Å²) in [7, 11) is 0. The topological polar surface area (TPSA) is 15.3 Å². The van der Waals surface area contributed by atoms with E-state index < -0.39 is 0 Å². The maximum Gasteiger partial charge on any atom is 0.0667 e. The van der Waals surface area contributed by atoms with E-state index in [1.54, 1.807) is 0 Å². The summed E-state index contributed by atoms with van der Waals surface area (Å²) in [6, 6.07) is 18.6. The van der Waals surface area contributed by atoms with Crippen molar-refractivity contribution in [2.24, 2.45) is 0 Å². The summed E-state index contributed by atoms with van der Waals surface area (Å²) in [6.07, 6.45) is 0. The highest BCUT2D eigenvalue weighted by Gasteiger charge is 2.27. The Morgan fingerprint density at radius 1 is 1.00 bits per heavy atom. The summed E-state index contributed by atoms with van der Waals surface area (Å²) in [4.78, 5) is 2.54. The molecule has 2 atom stereocenters. The molecule has 0 aliphatic carbocycles. The molecular weight excluding hydrogens is 256 g/mol. The zero-order valence-electron chi connectivity index (χ0n) is 13.1. The lowest BCUT2D eigenvalue weighted by Gasteiger charge is -2.41. The van der Waals surface area contributed by atoms with Crippen molar-refractivity contribution in [1.29, 1.82) is 0 Å². The molecule has 0 bridgehead atoms. The van der Waals surface area contributed by atoms with Crippen LogP contribution in [0.5, 0.6) is 0 Å². The van der Waals surface area contributed by atoms with Crippen LogP contribution in [0.2, 0.25) is 0 Å². The van der Waals surface area contributed by atoms with Crippen LogP contribution in [0.4, 0.5) is 5.69 Å². The molecule has 2 heteroatoms. The van der Waals surface area contributed by atoms with Crippen LogP contribution < -0.4 is 10.2 Å². The Balaban J connectivity index is 1.96. The highest BCUT2D eigenvalue weighted by atomic mass is 15.2. The lowest BCUT2D eigenvalue weighted by atomic mass is 9.99. The van der Waals surface area contributed by atoms with E-state index in [9.17, 15) is 0 Å². The molecule has 1 fully saturated rings. The Kier molecular flexibility index (Phi) is 3.98. The molecule has 2 aromatic rings. The second kappa shape index (κ2) is 5.90. The lowest BCUT2D eigenvalue weighted by molar-refractivity contribution is 0.416. The van der Waals surface area contributed by atoms with Gasteiger partial charge < -0.3 is 10.2 Å². The number of aryl methyl sites for hydroxylation is 2. The van der Waals surface area contributed by atoms with E-state index >= 15 is 0 Å². The summed E-state index contributed by atoms with van der Waals surface area (Å²) in [5.74, 6) is 0. The smallest absolute Gasteiger partial charge is 0.0667 e. The maximum absolute atomic E-state index is 3.61. The first kappa shape index (κ1) is 14.2. The van der Waals surface area contributed by atoms with Crippen molar-refractivity contribution in [2.75, 3.05) is 18.0 Å². The van der Waals surface area contributed by atoms with Crippen LogP contribution in [0.3, 0.4) is 0 Å². The van der Waals surface area contributed by atoms with Gasteiger partial charge in [-0.3, -0.25) is 0 Å². The second-order valence-corrected chi connectivity index (χ2v) is 6.16. The van der Waals surface area contributed by atoms with E-state index in [0.717, 1.165) is 13.1 Å². The molecule has 1 aliphatic rings. The number of hydrogen-bond acceptors (Lipinski definition) is 2. The number of benzene rings is 2. The third kappa shape index (κ3) is 2.96. The third-order valence-electron chi connectivity index (χ3n) is 4.51. The van der Waals surface area contributed by atoms with E-state index in [4.69, 9.17) is 0 Å². The monoisotopic (exact) mass is 280 g/mol. The predicted molar refractivity (Wildman–Crippen MR) is 89.9 cm³/mol. The molecule has 3 rings (SSSR count). The fourth-order valence-electron chi connectivity index (χ4n) is 3.07. The van der Waals surface area contributed by atoms with Gasteiger partial charge >= 0.3 is 0 Å². The first-order valence-electron chi connectivity index (χ1n) is 7.77. The molecule has 0 saturated carbocycles. The highest BCUT2D eigenvalue weighted by Crippen LogP contribution is 2.30. The van der Waals surface area contributed by atoms with E-state index in [-0.39, 0.29) is 0 Å². The number of anilines is 1. The first-order chi connectivity index (χ1) is 10.1. The van der Waals surface area contributed by atoms with E-state index in [1.165, 1.54) is 22.4 Å². The standard InChI is InChI=1S/C19H24N2/c1-14-9-10-18(11-15(14)2)21-13-16(3)20-12-19(21)17-7-5-4-6-8-17/h4-11,16,19-20H,12-13H2,1-3H3. The average molecular weight is 280 g/mol. The van der Waals surface area contributed by atoms with Crippen LogP contribution in [-0.4, -0.2) is 19.1 Å². The molecule has 110 valence electrons. The Bertz CT molecular complexity index is 606. The molecule has 0 aromatic heterocycles. The summed E-state index contributed by atoms with van der Waals surface area (Å²) >= 11 is 0. The summed E-state index contributed by atoms with van der Waals surface area (Å²) in [6.45, 7) is 8.67. The molecule has 1 aliphatic heterocycles. The van der Waals surface area contributed by atoms with Gasteiger partial charge in [-0.1, -0.05) is 36.4 Å². The van der Waals surface area contributed by atoms with Crippen molar-refractivity contribution in [2.45, 2.75) is 32.9 Å². The summed E-state index contributed by atoms with van der Waals surface area (Å²) in [5.41, 5.74) is 5.44. The van der Waals surface area contributed by atoms with Crippen LogP contribution in [-0.2, 0) is 0 Å². The maximum atomic E-state index is 3.61. The lowest BCUT2D eigenvalue weighted by Crippen LogP contribution is -2.51. The Morgan fingerprint density at radius 2 is 1.76 bits per heavy atom. The quantitative estimate of drug-likeness (QED) is 0.899. The van der Waals surface area contributed by atoms with Gasteiger partial charge in [0, 0.05) is 24.8 Å². The van der Waals surface area contributed by atoms with Gasteiger partial charge in [-0.15, -0.1) is 0 Å². The Labute approximate surface area is 127 Å². The molecule has 1 heterocycles. The van der Waals surface area contributed by atoms with Crippen LogP contribution in [0, 0.1) is 13.8 Å². The molecule has 0 radical (unpaired) electrons. The van der Waals surface area contributed by atoms with Crippen molar-refractivity contribution < 1.29 is 0 Å². The van der Waals surface area contributed by atoms with Crippen LogP contribution >= 0.6 is 0 Å². The minimum Gasteiger partial charge on any atom is -0.362 e. The van der Waals surface area contributed by atoms with Crippen molar-refractivity contribution in [3.8, 4) is 0 Å². The number of hydrogen-bond donors (Lipinski definition) is 1. The fourth-order valence-corrected chi connectivity index (χ4v) is 3.07. The second-order valence-electron chi connectivity index (χ2n) is 6.16. The van der Waals surface area contributed by atoms with Crippen molar-refractivity contribution >= 4 is 5.69 Å². The highest BCUT2D eigenvalue weighted by molar-refractivity contribution is 5.53. The third-order valence-corrected chi connectivity index (χ3v) is 4.51. The van der Waals surface area contributed by atoms with Gasteiger partial charge in [0.2, 0.25) is 0 Å². The number of piperazine rings is 1. The van der Waals surface area contributed by atoms with Gasteiger partial charge in [0.05, 0.1) is 6.04 Å².